The lowest BCUT2D eigenvalue weighted by Gasteiger charge is -2.34. The van der Waals surface area contributed by atoms with Gasteiger partial charge in [0, 0.05) is 12.1 Å². The largest absolute Gasteiger partial charge is 0.359 e. The predicted molar refractivity (Wildman–Crippen MR) is 87.1 cm³/mol. The van der Waals surface area contributed by atoms with Gasteiger partial charge >= 0.3 is 0 Å². The third kappa shape index (κ3) is 6.85. The van der Waals surface area contributed by atoms with Crippen molar-refractivity contribution in [2.45, 2.75) is 53.1 Å². The third-order valence-corrected chi connectivity index (χ3v) is 3.04. The van der Waals surface area contributed by atoms with Crippen molar-refractivity contribution in [1.29, 1.82) is 0 Å². The highest BCUT2D eigenvalue weighted by Crippen LogP contribution is 2.26. The molecule has 112 valence electrons. The van der Waals surface area contributed by atoms with Gasteiger partial charge in [0.25, 0.3) is 0 Å². The minimum absolute atomic E-state index is 0.0644. The predicted octanol–water partition coefficient (Wildman–Crippen LogP) is 4.00. The first-order chi connectivity index (χ1) is 9.07. The van der Waals surface area contributed by atoms with Gasteiger partial charge in [-0.15, -0.1) is 0 Å². The molecule has 1 rings (SSSR count). The zero-order valence-corrected chi connectivity index (χ0v) is 13.8. The highest BCUT2D eigenvalue weighted by Gasteiger charge is 2.25. The van der Waals surface area contributed by atoms with E-state index in [1.54, 1.807) is 12.1 Å². The summed E-state index contributed by atoms with van der Waals surface area (Å²) in [4.78, 5) is 0. The zero-order chi connectivity index (χ0) is 15.4. The number of hydrogen-bond donors (Lipinski definition) is 2. The van der Waals surface area contributed by atoms with Gasteiger partial charge in [0.15, 0.2) is 5.11 Å². The van der Waals surface area contributed by atoms with Gasteiger partial charge in [-0.25, -0.2) is 4.39 Å². The molecule has 0 fully saturated rings. The monoisotopic (exact) mass is 296 g/mol. The van der Waals surface area contributed by atoms with Gasteiger partial charge in [0.1, 0.15) is 5.82 Å². The molecule has 0 spiro atoms. The standard InChI is InChI=1S/C16H25FN2S/c1-15(2,3)11-16(4,5)19-14(20)18-10-12-6-8-13(17)9-7-12/h6-9H,10-11H2,1-5H3,(H2,18,19,20). The molecule has 20 heavy (non-hydrogen) atoms. The van der Waals surface area contributed by atoms with Crippen LogP contribution < -0.4 is 10.6 Å². The molecule has 0 unspecified atom stereocenters. The van der Waals surface area contributed by atoms with E-state index in [1.807, 2.05) is 0 Å². The number of hydrogen-bond acceptors (Lipinski definition) is 1. The molecule has 0 atom stereocenters. The molecule has 0 amide bonds. The first-order valence-electron chi connectivity index (χ1n) is 6.88. The highest BCUT2D eigenvalue weighted by atomic mass is 32.1. The van der Waals surface area contributed by atoms with Crippen LogP contribution in [-0.2, 0) is 6.54 Å². The molecular formula is C16H25FN2S. The third-order valence-electron chi connectivity index (χ3n) is 2.79. The normalized spacial score (nSPS) is 12.1. The maximum absolute atomic E-state index is 12.8. The van der Waals surface area contributed by atoms with Gasteiger partial charge in [-0.2, -0.15) is 0 Å². The smallest absolute Gasteiger partial charge is 0.166 e. The van der Waals surface area contributed by atoms with E-state index in [9.17, 15) is 4.39 Å². The van der Waals surface area contributed by atoms with E-state index < -0.39 is 0 Å². The summed E-state index contributed by atoms with van der Waals surface area (Å²) in [7, 11) is 0. The van der Waals surface area contributed by atoms with Crippen LogP contribution in [0.4, 0.5) is 4.39 Å². The molecule has 0 aliphatic heterocycles. The number of benzene rings is 1. The zero-order valence-electron chi connectivity index (χ0n) is 13.0. The van der Waals surface area contributed by atoms with Crippen molar-refractivity contribution in [2.75, 3.05) is 0 Å². The number of rotatable bonds is 4. The summed E-state index contributed by atoms with van der Waals surface area (Å²) in [5, 5.41) is 7.13. The van der Waals surface area contributed by atoms with Crippen molar-refractivity contribution >= 4 is 17.3 Å². The average Bonchev–Trinajstić information content (AvgIpc) is 2.24. The Bertz CT molecular complexity index is 447. The molecule has 2 nitrogen and oxygen atoms in total. The second-order valence-electron chi connectivity index (χ2n) is 7.06. The second-order valence-corrected chi connectivity index (χ2v) is 7.46. The summed E-state index contributed by atoms with van der Waals surface area (Å²) in [5.41, 5.74) is 1.18. The molecule has 2 N–H and O–H groups in total. The van der Waals surface area contributed by atoms with Gasteiger partial charge in [-0.05, 0) is 55.6 Å². The van der Waals surface area contributed by atoms with Crippen LogP contribution in [-0.4, -0.2) is 10.7 Å². The molecule has 0 bridgehead atoms. The number of thiocarbonyl (C=S) groups is 1. The minimum atomic E-state index is -0.222. The lowest BCUT2D eigenvalue weighted by atomic mass is 9.82. The molecule has 0 saturated carbocycles. The van der Waals surface area contributed by atoms with Gasteiger partial charge < -0.3 is 10.6 Å². The van der Waals surface area contributed by atoms with Crippen LogP contribution in [0.5, 0.6) is 0 Å². The van der Waals surface area contributed by atoms with Crippen LogP contribution in [0.1, 0.15) is 46.6 Å². The van der Waals surface area contributed by atoms with Crippen molar-refractivity contribution in [2.24, 2.45) is 5.41 Å². The number of nitrogens with one attached hydrogen (secondary N) is 2. The SMILES string of the molecule is CC(C)(C)CC(C)(C)NC(=S)NCc1ccc(F)cc1. The second kappa shape index (κ2) is 6.53. The van der Waals surface area contributed by atoms with Crippen LogP contribution in [0.2, 0.25) is 0 Å². The number of halogens is 1. The van der Waals surface area contributed by atoms with Crippen LogP contribution in [0, 0.1) is 11.2 Å². The van der Waals surface area contributed by atoms with E-state index in [-0.39, 0.29) is 16.8 Å². The van der Waals surface area contributed by atoms with Crippen molar-refractivity contribution in [1.82, 2.24) is 10.6 Å². The molecule has 4 heteroatoms. The van der Waals surface area contributed by atoms with Crippen molar-refractivity contribution < 1.29 is 4.39 Å². The van der Waals surface area contributed by atoms with Gasteiger partial charge in [-0.3, -0.25) is 0 Å². The quantitative estimate of drug-likeness (QED) is 0.821. The van der Waals surface area contributed by atoms with E-state index in [0.717, 1.165) is 12.0 Å². The van der Waals surface area contributed by atoms with Crippen molar-refractivity contribution in [3.63, 3.8) is 0 Å². The maximum atomic E-state index is 12.8. The Labute approximate surface area is 127 Å². The summed E-state index contributed by atoms with van der Waals surface area (Å²) in [6, 6.07) is 6.42. The van der Waals surface area contributed by atoms with Crippen LogP contribution >= 0.6 is 12.2 Å². The van der Waals surface area contributed by atoms with Crippen LogP contribution in [0.25, 0.3) is 0 Å². The van der Waals surface area contributed by atoms with E-state index >= 15 is 0 Å². The molecule has 0 heterocycles. The topological polar surface area (TPSA) is 24.1 Å². The fourth-order valence-corrected chi connectivity index (χ4v) is 2.85. The lowest BCUT2D eigenvalue weighted by molar-refractivity contribution is 0.266. The summed E-state index contributed by atoms with van der Waals surface area (Å²) in [6.07, 6.45) is 1.01. The fourth-order valence-electron chi connectivity index (χ4n) is 2.51. The molecule has 0 radical (unpaired) electrons. The Morgan fingerprint density at radius 3 is 2.15 bits per heavy atom. The van der Waals surface area contributed by atoms with E-state index in [0.29, 0.717) is 11.7 Å². The molecule has 0 aromatic heterocycles. The van der Waals surface area contributed by atoms with Crippen molar-refractivity contribution in [3.05, 3.63) is 35.6 Å². The van der Waals surface area contributed by atoms with E-state index in [4.69, 9.17) is 12.2 Å². The van der Waals surface area contributed by atoms with Crippen LogP contribution in [0.15, 0.2) is 24.3 Å². The first-order valence-corrected chi connectivity index (χ1v) is 7.29. The average molecular weight is 296 g/mol. The molecule has 0 aliphatic carbocycles. The first kappa shape index (κ1) is 16.9. The van der Waals surface area contributed by atoms with Gasteiger partial charge in [0.05, 0.1) is 0 Å². The molecule has 1 aromatic rings. The Morgan fingerprint density at radius 2 is 1.65 bits per heavy atom. The lowest BCUT2D eigenvalue weighted by Crippen LogP contribution is -2.49. The molecule has 1 aromatic carbocycles. The summed E-state index contributed by atoms with van der Waals surface area (Å²) >= 11 is 5.32. The maximum Gasteiger partial charge on any atom is 0.166 e. The summed E-state index contributed by atoms with van der Waals surface area (Å²) in [5.74, 6) is -0.222. The van der Waals surface area contributed by atoms with Gasteiger partial charge in [0.2, 0.25) is 0 Å². The molecule has 0 saturated heterocycles. The Morgan fingerprint density at radius 1 is 1.10 bits per heavy atom. The van der Waals surface area contributed by atoms with Crippen molar-refractivity contribution in [3.8, 4) is 0 Å². The summed E-state index contributed by atoms with van der Waals surface area (Å²) < 4.78 is 12.8. The minimum Gasteiger partial charge on any atom is -0.359 e. The van der Waals surface area contributed by atoms with E-state index in [1.165, 1.54) is 12.1 Å². The Kier molecular flexibility index (Phi) is 5.51. The Balaban J connectivity index is 2.45. The van der Waals surface area contributed by atoms with E-state index in [2.05, 4.69) is 45.3 Å². The van der Waals surface area contributed by atoms with Gasteiger partial charge in [-0.1, -0.05) is 32.9 Å². The fraction of sp³-hybridized carbons (Fsp3) is 0.562. The molecule has 0 aliphatic rings. The molecular weight excluding hydrogens is 271 g/mol. The summed E-state index contributed by atoms with van der Waals surface area (Å²) in [6.45, 7) is 11.5. The Hall–Kier alpha value is -1.16. The highest BCUT2D eigenvalue weighted by molar-refractivity contribution is 7.80. The van der Waals surface area contributed by atoms with Crippen LogP contribution in [0.3, 0.4) is 0 Å².